The van der Waals surface area contributed by atoms with Gasteiger partial charge >= 0.3 is 11.9 Å². The molecule has 54 heavy (non-hydrogen) atoms. The van der Waals surface area contributed by atoms with Gasteiger partial charge in [-0.1, -0.05) is 65.6 Å². The summed E-state index contributed by atoms with van der Waals surface area (Å²) in [5, 5.41) is 26.2. The fourth-order valence-electron chi connectivity index (χ4n) is 13.3. The number of halogens is 1. The number of nitrogens with zero attached hydrogens (tertiary/aromatic N) is 1. The molecule has 0 radical (unpaired) electrons. The Hall–Kier alpha value is -2.29. The SMILES string of the molecule is CC(C)C1=C2[C@H]3CC[C@@H]4[C@@]5(C)CC[C@H](OC(=O)CC(C)(C)C(=O)O)C(C)(C)[C@@H]5CC[C@@]4(C)[C@]3(C)CCC2([C@H](O)CNC(C)(C)c2ccc(Cl)cn2)CC1=O. The number of aliphatic hydroxyl groups is 1. The van der Waals surface area contributed by atoms with Gasteiger partial charge in [-0.25, -0.2) is 0 Å². The molecule has 0 bridgehead atoms. The Labute approximate surface area is 329 Å². The fraction of sp³-hybridized carbons (Fsp3) is 0.778. The molecule has 1 aromatic heterocycles. The van der Waals surface area contributed by atoms with E-state index < -0.39 is 34.4 Å². The number of allylic oxidation sites excluding steroid dienone is 1. The number of fused-ring (bicyclic) bond motifs is 7. The van der Waals surface area contributed by atoms with Gasteiger partial charge in [-0.2, -0.15) is 0 Å². The molecule has 4 fully saturated rings. The van der Waals surface area contributed by atoms with Crippen LogP contribution in [0.2, 0.25) is 5.02 Å². The number of nitrogens with one attached hydrogen (secondary N) is 1. The molecule has 0 aliphatic heterocycles. The standard InChI is InChI=1S/C45H67ClN2O6/c1-26(2)36-29(49)22-45(33(50)25-48-41(7,8)32-15-12-27(46)24-47-32)21-20-43(10)28(37(36)45)13-14-31-42(9)18-17-34(54-35(51)23-39(3,4)38(52)53)40(5,6)30(42)16-19-44(31,43)11/h12,15,24,26,28,30-31,33-34,48,50H,13-14,16-23,25H2,1-11H3,(H,52,53)/t28-,30+,31-,33-,34+,42+,43-,44-,45?/m1/s1. The van der Waals surface area contributed by atoms with E-state index in [2.05, 4.69) is 72.6 Å². The average Bonchev–Trinajstić information content (AvgIpc) is 3.38. The summed E-state index contributed by atoms with van der Waals surface area (Å²) in [5.74, 6) is -0.0675. The zero-order valence-corrected chi connectivity index (χ0v) is 35.6. The molecule has 5 aliphatic carbocycles. The van der Waals surface area contributed by atoms with Gasteiger partial charge in [0.15, 0.2) is 5.78 Å². The molecule has 300 valence electrons. The zero-order chi connectivity index (χ0) is 40.0. The first kappa shape index (κ1) is 41.3. The van der Waals surface area contributed by atoms with E-state index in [1.54, 1.807) is 20.0 Å². The minimum absolute atomic E-state index is 0.0323. The Morgan fingerprint density at radius 1 is 0.963 bits per heavy atom. The van der Waals surface area contributed by atoms with E-state index in [4.69, 9.17) is 16.3 Å². The van der Waals surface area contributed by atoms with Gasteiger partial charge in [0.1, 0.15) is 6.10 Å². The van der Waals surface area contributed by atoms with E-state index in [0.29, 0.717) is 29.8 Å². The molecular formula is C45H67ClN2O6. The van der Waals surface area contributed by atoms with Crippen molar-refractivity contribution in [1.82, 2.24) is 10.3 Å². The summed E-state index contributed by atoms with van der Waals surface area (Å²) in [6.45, 7) is 24.1. The normalized spacial score (nSPS) is 36.9. The van der Waals surface area contributed by atoms with Crippen LogP contribution in [0.5, 0.6) is 0 Å². The number of ketones is 1. The smallest absolute Gasteiger partial charge is 0.309 e. The number of aromatic nitrogens is 1. The van der Waals surface area contributed by atoms with Crippen LogP contribution in [0.25, 0.3) is 0 Å². The number of Topliss-reactive ketones (excluding diaryl/α,β-unsaturated/α-hetero) is 1. The fourth-order valence-corrected chi connectivity index (χ4v) is 13.4. The van der Waals surface area contributed by atoms with Crippen LogP contribution in [0.4, 0.5) is 0 Å². The first-order valence-electron chi connectivity index (χ1n) is 20.6. The van der Waals surface area contributed by atoms with Gasteiger partial charge in [-0.05, 0) is 137 Å². The minimum atomic E-state index is -1.17. The third kappa shape index (κ3) is 6.31. The summed E-state index contributed by atoms with van der Waals surface area (Å²) in [6, 6.07) is 3.76. The average molecular weight is 767 g/mol. The largest absolute Gasteiger partial charge is 0.481 e. The number of ether oxygens (including phenoxy) is 1. The molecule has 1 unspecified atom stereocenters. The number of rotatable bonds is 10. The predicted molar refractivity (Wildman–Crippen MR) is 212 cm³/mol. The Bertz CT molecular complexity index is 1700. The summed E-state index contributed by atoms with van der Waals surface area (Å²) < 4.78 is 6.17. The van der Waals surface area contributed by atoms with E-state index in [0.717, 1.165) is 62.6 Å². The number of carboxylic acid groups (broad SMARTS) is 1. The molecule has 9 heteroatoms. The number of hydrogen-bond acceptors (Lipinski definition) is 7. The highest BCUT2D eigenvalue weighted by Gasteiger charge is 2.70. The van der Waals surface area contributed by atoms with Crippen LogP contribution >= 0.6 is 11.6 Å². The Kier molecular flexibility index (Phi) is 10.5. The van der Waals surface area contributed by atoms with Crippen LogP contribution in [0.15, 0.2) is 29.5 Å². The number of carbonyl (C=O) groups excluding carboxylic acids is 2. The second-order valence-electron chi connectivity index (χ2n) is 20.9. The molecule has 4 saturated carbocycles. The highest BCUT2D eigenvalue weighted by atomic mass is 35.5. The maximum Gasteiger partial charge on any atom is 0.309 e. The lowest BCUT2D eigenvalue weighted by molar-refractivity contribution is -0.235. The van der Waals surface area contributed by atoms with Gasteiger partial charge in [0.25, 0.3) is 0 Å². The third-order valence-corrected chi connectivity index (χ3v) is 16.8. The van der Waals surface area contributed by atoms with E-state index in [-0.39, 0.29) is 51.8 Å². The van der Waals surface area contributed by atoms with Crippen molar-refractivity contribution in [2.45, 2.75) is 158 Å². The highest BCUT2D eigenvalue weighted by molar-refractivity contribution is 6.30. The number of aliphatic hydroxyl groups excluding tert-OH is 1. The Morgan fingerprint density at radius 2 is 1.65 bits per heavy atom. The molecule has 1 aromatic rings. The third-order valence-electron chi connectivity index (χ3n) is 16.6. The van der Waals surface area contributed by atoms with Crippen LogP contribution in [-0.2, 0) is 24.7 Å². The van der Waals surface area contributed by atoms with Gasteiger partial charge in [0.05, 0.1) is 34.2 Å². The van der Waals surface area contributed by atoms with Gasteiger partial charge in [-0.15, -0.1) is 0 Å². The van der Waals surface area contributed by atoms with Crippen molar-refractivity contribution < 1.29 is 29.3 Å². The number of pyridine rings is 1. The Balaban J connectivity index is 1.27. The van der Waals surface area contributed by atoms with Crippen molar-refractivity contribution in [3.63, 3.8) is 0 Å². The molecule has 3 N–H and O–H groups in total. The monoisotopic (exact) mass is 766 g/mol. The molecule has 5 aliphatic rings. The minimum Gasteiger partial charge on any atom is -0.481 e. The molecule has 1 heterocycles. The van der Waals surface area contributed by atoms with Gasteiger partial charge in [-0.3, -0.25) is 19.4 Å². The summed E-state index contributed by atoms with van der Waals surface area (Å²) in [6.07, 6.45) is 8.59. The van der Waals surface area contributed by atoms with Gasteiger partial charge in [0, 0.05) is 30.0 Å². The van der Waals surface area contributed by atoms with Crippen molar-refractivity contribution in [3.05, 3.63) is 40.2 Å². The molecular weight excluding hydrogens is 700 g/mol. The van der Waals surface area contributed by atoms with Crippen LogP contribution in [0, 0.1) is 56.2 Å². The summed E-state index contributed by atoms with van der Waals surface area (Å²) >= 11 is 6.13. The van der Waals surface area contributed by atoms with Gasteiger partial charge in [0.2, 0.25) is 0 Å². The maximum atomic E-state index is 14.1. The lowest BCUT2D eigenvalue weighted by Crippen LogP contribution is -2.66. The van der Waals surface area contributed by atoms with Crippen LogP contribution < -0.4 is 5.32 Å². The lowest BCUT2D eigenvalue weighted by atomic mass is 9.33. The molecule has 0 amide bonds. The van der Waals surface area contributed by atoms with Crippen molar-refractivity contribution in [2.24, 2.45) is 56.2 Å². The van der Waals surface area contributed by atoms with E-state index in [1.807, 2.05) is 12.1 Å². The second kappa shape index (κ2) is 13.7. The number of esters is 1. The summed E-state index contributed by atoms with van der Waals surface area (Å²) in [7, 11) is 0. The molecule has 0 aromatic carbocycles. The van der Waals surface area contributed by atoms with Crippen LogP contribution in [0.3, 0.4) is 0 Å². The Morgan fingerprint density at radius 3 is 2.26 bits per heavy atom. The topological polar surface area (TPSA) is 126 Å². The van der Waals surface area contributed by atoms with E-state index >= 15 is 0 Å². The van der Waals surface area contributed by atoms with Crippen molar-refractivity contribution in [2.75, 3.05) is 6.54 Å². The number of carboxylic acids is 1. The van der Waals surface area contributed by atoms with E-state index in [9.17, 15) is 24.6 Å². The van der Waals surface area contributed by atoms with Crippen molar-refractivity contribution >= 4 is 29.3 Å². The summed E-state index contributed by atoms with van der Waals surface area (Å²) in [4.78, 5) is 43.6. The van der Waals surface area contributed by atoms with E-state index in [1.165, 1.54) is 5.57 Å². The number of carbonyl (C=O) groups is 3. The molecule has 0 saturated heterocycles. The molecule has 9 atom stereocenters. The van der Waals surface area contributed by atoms with Crippen LogP contribution in [-0.4, -0.2) is 51.7 Å². The molecule has 8 nitrogen and oxygen atoms in total. The highest BCUT2D eigenvalue weighted by Crippen LogP contribution is 2.77. The van der Waals surface area contributed by atoms with Crippen molar-refractivity contribution in [3.8, 4) is 0 Å². The molecule has 0 spiro atoms. The molecule has 6 rings (SSSR count). The first-order chi connectivity index (χ1) is 24.9. The predicted octanol–water partition coefficient (Wildman–Crippen LogP) is 9.31. The van der Waals surface area contributed by atoms with Gasteiger partial charge < -0.3 is 20.3 Å². The lowest BCUT2D eigenvalue weighted by Gasteiger charge is -2.72. The van der Waals surface area contributed by atoms with Crippen LogP contribution in [0.1, 0.15) is 146 Å². The number of aliphatic carboxylic acids is 1. The maximum absolute atomic E-state index is 14.1. The van der Waals surface area contributed by atoms with Crippen molar-refractivity contribution in [1.29, 1.82) is 0 Å². The zero-order valence-electron chi connectivity index (χ0n) is 34.8. The number of hydrogen-bond donors (Lipinski definition) is 3. The quantitative estimate of drug-likeness (QED) is 0.201. The second-order valence-corrected chi connectivity index (χ2v) is 21.4. The first-order valence-corrected chi connectivity index (χ1v) is 21.0. The summed E-state index contributed by atoms with van der Waals surface area (Å²) in [5.41, 5.74) is 0.618.